The number of rotatable bonds is 0. The van der Waals surface area contributed by atoms with E-state index < -0.39 is 6.10 Å². The van der Waals surface area contributed by atoms with E-state index in [9.17, 15) is 15.0 Å². The molecule has 1 aliphatic carbocycles. The highest BCUT2D eigenvalue weighted by atomic mass is 16.3. The number of carbonyl (C=O) groups excluding carboxylic acids is 1. The minimum Gasteiger partial charge on any atom is -0.507 e. The first-order chi connectivity index (χ1) is 6.61. The summed E-state index contributed by atoms with van der Waals surface area (Å²) in [6, 6.07) is 4.80. The summed E-state index contributed by atoms with van der Waals surface area (Å²) in [5, 5.41) is 19.2. The Kier molecular flexibility index (Phi) is 2.04. The molecule has 1 aromatic rings. The molecular formula is C11H12O3. The molecule has 0 amide bonds. The van der Waals surface area contributed by atoms with Gasteiger partial charge in [-0.05, 0) is 18.1 Å². The van der Waals surface area contributed by atoms with Gasteiger partial charge in [0, 0.05) is 5.92 Å². The highest BCUT2D eigenvalue weighted by Gasteiger charge is 2.31. The predicted molar refractivity (Wildman–Crippen MR) is 51.2 cm³/mol. The van der Waals surface area contributed by atoms with Crippen LogP contribution in [-0.4, -0.2) is 16.0 Å². The van der Waals surface area contributed by atoms with Crippen molar-refractivity contribution in [2.24, 2.45) is 5.92 Å². The van der Waals surface area contributed by atoms with Gasteiger partial charge in [-0.25, -0.2) is 0 Å². The van der Waals surface area contributed by atoms with Gasteiger partial charge in [0.1, 0.15) is 5.75 Å². The lowest BCUT2D eigenvalue weighted by Crippen LogP contribution is -2.23. The molecule has 0 fully saturated rings. The number of phenolic OH excluding ortho intramolecular Hbond substituents is 1. The summed E-state index contributed by atoms with van der Waals surface area (Å²) in [4.78, 5) is 11.7. The lowest BCUT2D eigenvalue weighted by Gasteiger charge is -2.25. The quantitative estimate of drug-likeness (QED) is 0.657. The van der Waals surface area contributed by atoms with Crippen LogP contribution in [0, 0.1) is 5.92 Å². The molecule has 0 aliphatic heterocycles. The fourth-order valence-electron chi connectivity index (χ4n) is 1.92. The standard InChI is InChI=1S/C11H12O3/c1-6-5-9(13)7-3-2-4-8(12)10(7)11(6)14/h2-4,6,9,12-13H,5H2,1H3. The van der Waals surface area contributed by atoms with Crippen LogP contribution < -0.4 is 0 Å². The van der Waals surface area contributed by atoms with Crippen LogP contribution in [0.2, 0.25) is 0 Å². The first-order valence-corrected chi connectivity index (χ1v) is 4.65. The molecule has 0 heterocycles. The van der Waals surface area contributed by atoms with E-state index in [-0.39, 0.29) is 17.5 Å². The molecular weight excluding hydrogens is 180 g/mol. The highest BCUT2D eigenvalue weighted by Crippen LogP contribution is 2.36. The van der Waals surface area contributed by atoms with Gasteiger partial charge < -0.3 is 10.2 Å². The van der Waals surface area contributed by atoms with Gasteiger partial charge in [-0.2, -0.15) is 0 Å². The van der Waals surface area contributed by atoms with Crippen LogP contribution in [0.4, 0.5) is 0 Å². The number of hydrogen-bond acceptors (Lipinski definition) is 3. The van der Waals surface area contributed by atoms with Gasteiger partial charge in [0.05, 0.1) is 11.7 Å². The Morgan fingerprint density at radius 1 is 1.43 bits per heavy atom. The van der Waals surface area contributed by atoms with Gasteiger partial charge in [-0.1, -0.05) is 19.1 Å². The molecule has 0 saturated heterocycles. The predicted octanol–water partition coefficient (Wildman–Crippen LogP) is 1.65. The number of aromatic hydroxyl groups is 1. The van der Waals surface area contributed by atoms with Crippen LogP contribution in [0.1, 0.15) is 35.4 Å². The molecule has 0 spiro atoms. The van der Waals surface area contributed by atoms with E-state index in [1.54, 1.807) is 19.1 Å². The smallest absolute Gasteiger partial charge is 0.169 e. The van der Waals surface area contributed by atoms with Crippen molar-refractivity contribution >= 4 is 5.78 Å². The third kappa shape index (κ3) is 1.21. The Morgan fingerprint density at radius 2 is 2.14 bits per heavy atom. The Morgan fingerprint density at radius 3 is 2.86 bits per heavy atom. The van der Waals surface area contributed by atoms with Crippen molar-refractivity contribution in [3.8, 4) is 5.75 Å². The van der Waals surface area contributed by atoms with Crippen molar-refractivity contribution in [2.45, 2.75) is 19.4 Å². The van der Waals surface area contributed by atoms with Crippen molar-refractivity contribution < 1.29 is 15.0 Å². The summed E-state index contributed by atoms with van der Waals surface area (Å²) in [6.45, 7) is 1.76. The number of fused-ring (bicyclic) bond motifs is 1. The van der Waals surface area contributed by atoms with E-state index in [0.29, 0.717) is 17.5 Å². The molecule has 2 unspecified atom stereocenters. The van der Waals surface area contributed by atoms with Gasteiger partial charge in [0.2, 0.25) is 0 Å². The lowest BCUT2D eigenvalue weighted by molar-refractivity contribution is 0.0791. The zero-order chi connectivity index (χ0) is 10.3. The average Bonchev–Trinajstić information content (AvgIpc) is 2.14. The Labute approximate surface area is 82.0 Å². The molecule has 74 valence electrons. The monoisotopic (exact) mass is 192 g/mol. The summed E-state index contributed by atoms with van der Waals surface area (Å²) in [7, 11) is 0. The van der Waals surface area contributed by atoms with Crippen molar-refractivity contribution in [1.82, 2.24) is 0 Å². The zero-order valence-electron chi connectivity index (χ0n) is 7.90. The number of hydrogen-bond donors (Lipinski definition) is 2. The van der Waals surface area contributed by atoms with Crippen LogP contribution in [0.15, 0.2) is 18.2 Å². The van der Waals surface area contributed by atoms with E-state index in [0.717, 1.165) is 0 Å². The van der Waals surface area contributed by atoms with E-state index in [1.807, 2.05) is 0 Å². The number of benzene rings is 1. The third-order valence-electron chi connectivity index (χ3n) is 2.70. The second-order valence-electron chi connectivity index (χ2n) is 3.76. The molecule has 0 saturated carbocycles. The van der Waals surface area contributed by atoms with Gasteiger partial charge >= 0.3 is 0 Å². The van der Waals surface area contributed by atoms with Crippen molar-refractivity contribution in [1.29, 1.82) is 0 Å². The molecule has 2 atom stereocenters. The maximum Gasteiger partial charge on any atom is 0.169 e. The highest BCUT2D eigenvalue weighted by molar-refractivity contribution is 6.02. The van der Waals surface area contributed by atoms with Crippen LogP contribution in [-0.2, 0) is 0 Å². The summed E-state index contributed by atoms with van der Waals surface area (Å²) in [5.41, 5.74) is 0.840. The normalized spacial score (nSPS) is 26.0. The molecule has 1 aliphatic rings. The van der Waals surface area contributed by atoms with E-state index in [1.165, 1.54) is 6.07 Å². The topological polar surface area (TPSA) is 57.5 Å². The number of ketones is 1. The minimum atomic E-state index is -0.634. The molecule has 3 heteroatoms. The Balaban J connectivity index is 2.62. The summed E-state index contributed by atoms with van der Waals surface area (Å²) < 4.78 is 0. The maximum absolute atomic E-state index is 11.7. The zero-order valence-corrected chi connectivity index (χ0v) is 7.90. The number of phenols is 1. The van der Waals surface area contributed by atoms with Gasteiger partial charge in [0.25, 0.3) is 0 Å². The van der Waals surface area contributed by atoms with Crippen LogP contribution in [0.5, 0.6) is 5.75 Å². The van der Waals surface area contributed by atoms with Crippen molar-refractivity contribution in [3.63, 3.8) is 0 Å². The first kappa shape index (κ1) is 9.21. The lowest BCUT2D eigenvalue weighted by atomic mass is 9.81. The van der Waals surface area contributed by atoms with Crippen molar-refractivity contribution in [3.05, 3.63) is 29.3 Å². The summed E-state index contributed by atoms with van der Waals surface area (Å²) in [5.74, 6) is -0.327. The summed E-state index contributed by atoms with van der Waals surface area (Å²) >= 11 is 0. The molecule has 0 bridgehead atoms. The van der Waals surface area contributed by atoms with Crippen molar-refractivity contribution in [2.75, 3.05) is 0 Å². The number of carbonyl (C=O) groups is 1. The van der Waals surface area contributed by atoms with Gasteiger partial charge in [0.15, 0.2) is 5.78 Å². The minimum absolute atomic E-state index is 0.0295. The molecule has 0 radical (unpaired) electrons. The SMILES string of the molecule is CC1CC(O)c2cccc(O)c2C1=O. The number of aliphatic hydroxyl groups excluding tert-OH is 1. The van der Waals surface area contributed by atoms with E-state index in [2.05, 4.69) is 0 Å². The molecule has 14 heavy (non-hydrogen) atoms. The van der Waals surface area contributed by atoms with Gasteiger partial charge in [-0.3, -0.25) is 4.79 Å². The Hall–Kier alpha value is -1.35. The molecule has 2 N–H and O–H groups in total. The Bertz CT molecular complexity index is 384. The first-order valence-electron chi connectivity index (χ1n) is 4.65. The fourth-order valence-corrected chi connectivity index (χ4v) is 1.92. The van der Waals surface area contributed by atoms with E-state index in [4.69, 9.17) is 0 Å². The number of aliphatic hydroxyl groups is 1. The maximum atomic E-state index is 11.7. The van der Waals surface area contributed by atoms with Crippen LogP contribution in [0.3, 0.4) is 0 Å². The van der Waals surface area contributed by atoms with Gasteiger partial charge in [-0.15, -0.1) is 0 Å². The second-order valence-corrected chi connectivity index (χ2v) is 3.76. The van der Waals surface area contributed by atoms with Crippen LogP contribution >= 0.6 is 0 Å². The molecule has 3 nitrogen and oxygen atoms in total. The average molecular weight is 192 g/mol. The second kappa shape index (κ2) is 3.10. The third-order valence-corrected chi connectivity index (χ3v) is 2.70. The fraction of sp³-hybridized carbons (Fsp3) is 0.364. The number of Topliss-reactive ketones (excluding diaryl/α,β-unsaturated/α-hetero) is 1. The molecule has 2 rings (SSSR count). The van der Waals surface area contributed by atoms with E-state index >= 15 is 0 Å². The summed E-state index contributed by atoms with van der Waals surface area (Å²) in [6.07, 6.45) is -0.195. The molecule has 0 aromatic heterocycles. The van der Waals surface area contributed by atoms with Crippen LogP contribution in [0.25, 0.3) is 0 Å². The molecule has 1 aromatic carbocycles. The largest absolute Gasteiger partial charge is 0.507 e.